The zero-order valence-corrected chi connectivity index (χ0v) is 15.9. The highest BCUT2D eigenvalue weighted by atomic mass is 16.5. The molecule has 0 bridgehead atoms. The van der Waals surface area contributed by atoms with Gasteiger partial charge in [0.05, 0.1) is 23.5 Å². The van der Waals surface area contributed by atoms with E-state index in [1.54, 1.807) is 48.5 Å². The Bertz CT molecular complexity index is 981. The average Bonchev–Trinajstić information content (AvgIpc) is 2.70. The van der Waals surface area contributed by atoms with Crippen molar-refractivity contribution >= 4 is 23.2 Å². The van der Waals surface area contributed by atoms with Crippen LogP contribution in [0.5, 0.6) is 5.75 Å². The molecule has 2 N–H and O–H groups in total. The Morgan fingerprint density at radius 3 is 2.11 bits per heavy atom. The van der Waals surface area contributed by atoms with Crippen molar-refractivity contribution in [3.8, 4) is 5.75 Å². The van der Waals surface area contributed by atoms with E-state index in [1.165, 1.54) is 0 Å². The van der Waals surface area contributed by atoms with Crippen LogP contribution in [0.1, 0.15) is 33.2 Å². The minimum atomic E-state index is -0.327. The number of carbonyl (C=O) groups excluding carboxylic acids is 2. The van der Waals surface area contributed by atoms with Crippen molar-refractivity contribution in [3.05, 3.63) is 89.5 Å². The maximum absolute atomic E-state index is 12.8. The fraction of sp³-hybridized carbons (Fsp3) is 0.130. The third-order valence-electron chi connectivity index (χ3n) is 4.17. The molecule has 0 heterocycles. The first-order valence-corrected chi connectivity index (χ1v) is 9.08. The fourth-order valence-electron chi connectivity index (χ4n) is 2.73. The summed E-state index contributed by atoms with van der Waals surface area (Å²) >= 11 is 0. The van der Waals surface area contributed by atoms with Crippen LogP contribution in [0.4, 0.5) is 11.4 Å². The van der Waals surface area contributed by atoms with Gasteiger partial charge in [0.2, 0.25) is 0 Å². The van der Waals surface area contributed by atoms with Gasteiger partial charge in [-0.15, -0.1) is 0 Å². The lowest BCUT2D eigenvalue weighted by molar-refractivity contribution is 0.102. The maximum atomic E-state index is 12.8. The summed E-state index contributed by atoms with van der Waals surface area (Å²) in [5.74, 6) is 0.00134. The Kier molecular flexibility index (Phi) is 6.07. The number of benzene rings is 3. The number of hydrogen-bond acceptors (Lipinski definition) is 3. The van der Waals surface area contributed by atoms with Crippen LogP contribution in [0.2, 0.25) is 0 Å². The van der Waals surface area contributed by atoms with Crippen molar-refractivity contribution in [3.63, 3.8) is 0 Å². The molecule has 3 aromatic rings. The normalized spacial score (nSPS) is 10.2. The Morgan fingerprint density at radius 2 is 1.39 bits per heavy atom. The Morgan fingerprint density at radius 1 is 0.786 bits per heavy atom. The highest BCUT2D eigenvalue weighted by Crippen LogP contribution is 2.25. The van der Waals surface area contributed by atoms with Gasteiger partial charge in [-0.2, -0.15) is 0 Å². The number of ether oxygens (including phenoxy) is 1. The molecule has 5 heteroatoms. The van der Waals surface area contributed by atoms with Gasteiger partial charge in [-0.3, -0.25) is 9.59 Å². The monoisotopic (exact) mass is 374 g/mol. The van der Waals surface area contributed by atoms with E-state index in [2.05, 4.69) is 10.6 Å². The third kappa shape index (κ3) is 4.57. The second kappa shape index (κ2) is 8.86. The topological polar surface area (TPSA) is 67.4 Å². The molecule has 142 valence electrons. The number of hydrogen-bond donors (Lipinski definition) is 2. The lowest BCUT2D eigenvalue weighted by atomic mass is 10.1. The summed E-state index contributed by atoms with van der Waals surface area (Å²) in [4.78, 5) is 25.4. The fourth-order valence-corrected chi connectivity index (χ4v) is 2.73. The van der Waals surface area contributed by atoms with Gasteiger partial charge >= 0.3 is 0 Å². The molecule has 0 aliphatic rings. The average molecular weight is 374 g/mol. The highest BCUT2D eigenvalue weighted by Gasteiger charge is 2.15. The molecule has 0 fully saturated rings. The summed E-state index contributed by atoms with van der Waals surface area (Å²) in [6, 6.07) is 21.4. The predicted molar refractivity (Wildman–Crippen MR) is 111 cm³/mol. The minimum Gasteiger partial charge on any atom is -0.492 e. The molecular formula is C23H22N2O3. The molecule has 28 heavy (non-hydrogen) atoms. The van der Waals surface area contributed by atoms with Crippen molar-refractivity contribution < 1.29 is 14.3 Å². The first kappa shape index (κ1) is 19.2. The van der Waals surface area contributed by atoms with E-state index >= 15 is 0 Å². The van der Waals surface area contributed by atoms with E-state index in [-0.39, 0.29) is 11.8 Å². The summed E-state index contributed by atoms with van der Waals surface area (Å²) in [6.07, 6.45) is 0. The van der Waals surface area contributed by atoms with Gasteiger partial charge in [-0.05, 0) is 50.2 Å². The van der Waals surface area contributed by atoms with Crippen molar-refractivity contribution in [2.24, 2.45) is 0 Å². The molecule has 0 aliphatic carbocycles. The summed E-state index contributed by atoms with van der Waals surface area (Å²) in [6.45, 7) is 4.34. The van der Waals surface area contributed by atoms with Crippen molar-refractivity contribution in [2.75, 3.05) is 17.2 Å². The molecule has 0 saturated carbocycles. The Hall–Kier alpha value is -3.60. The van der Waals surface area contributed by atoms with E-state index in [0.717, 1.165) is 5.56 Å². The number of carbonyl (C=O) groups is 2. The van der Waals surface area contributed by atoms with Crippen LogP contribution >= 0.6 is 0 Å². The van der Waals surface area contributed by atoms with Crippen LogP contribution < -0.4 is 15.4 Å². The van der Waals surface area contributed by atoms with Crippen LogP contribution in [0.25, 0.3) is 0 Å². The molecule has 0 radical (unpaired) electrons. The molecule has 0 saturated heterocycles. The quantitative estimate of drug-likeness (QED) is 0.645. The van der Waals surface area contributed by atoms with Gasteiger partial charge in [0, 0.05) is 5.56 Å². The van der Waals surface area contributed by atoms with Crippen LogP contribution in [-0.4, -0.2) is 18.4 Å². The molecule has 0 spiro atoms. The van der Waals surface area contributed by atoms with Crippen LogP contribution in [-0.2, 0) is 0 Å². The second-order valence-corrected chi connectivity index (χ2v) is 6.25. The lowest BCUT2D eigenvalue weighted by Crippen LogP contribution is -2.18. The third-order valence-corrected chi connectivity index (χ3v) is 4.17. The van der Waals surface area contributed by atoms with E-state index in [0.29, 0.717) is 34.9 Å². The maximum Gasteiger partial charge on any atom is 0.257 e. The van der Waals surface area contributed by atoms with Gasteiger partial charge in [0.25, 0.3) is 11.8 Å². The largest absolute Gasteiger partial charge is 0.492 e. The molecule has 2 amide bonds. The standard InChI is InChI=1S/C23H22N2O3/c1-3-28-21-11-7-6-10-20(21)25-23(27)18-8-4-5-9-19(18)24-22(26)17-14-12-16(2)13-15-17/h4-15H,3H2,1-2H3,(H,24,26)(H,25,27). The van der Waals surface area contributed by atoms with Crippen LogP contribution in [0, 0.1) is 6.92 Å². The molecule has 3 rings (SSSR count). The summed E-state index contributed by atoms with van der Waals surface area (Å²) in [7, 11) is 0. The number of anilines is 2. The number of nitrogens with one attached hydrogen (secondary N) is 2. The van der Waals surface area contributed by atoms with E-state index < -0.39 is 0 Å². The highest BCUT2D eigenvalue weighted by molar-refractivity contribution is 6.12. The Balaban J connectivity index is 1.81. The van der Waals surface area contributed by atoms with Gasteiger partial charge < -0.3 is 15.4 Å². The summed E-state index contributed by atoms with van der Waals surface area (Å²) in [5.41, 5.74) is 2.99. The molecule has 3 aromatic carbocycles. The lowest BCUT2D eigenvalue weighted by Gasteiger charge is -2.14. The van der Waals surface area contributed by atoms with E-state index in [1.807, 2.05) is 38.1 Å². The number of amides is 2. The molecule has 0 aliphatic heterocycles. The number of rotatable bonds is 6. The predicted octanol–water partition coefficient (Wildman–Crippen LogP) is 4.90. The van der Waals surface area contributed by atoms with Gasteiger partial charge in [0.15, 0.2) is 0 Å². The zero-order valence-electron chi connectivity index (χ0n) is 15.9. The molecule has 0 atom stereocenters. The van der Waals surface area contributed by atoms with Gasteiger partial charge in [-0.25, -0.2) is 0 Å². The van der Waals surface area contributed by atoms with Gasteiger partial charge in [0.1, 0.15) is 5.75 Å². The van der Waals surface area contributed by atoms with Crippen molar-refractivity contribution in [1.82, 2.24) is 0 Å². The first-order chi connectivity index (χ1) is 13.6. The summed E-state index contributed by atoms with van der Waals surface area (Å²) < 4.78 is 5.55. The Labute approximate surface area is 164 Å². The SMILES string of the molecule is CCOc1ccccc1NC(=O)c1ccccc1NC(=O)c1ccc(C)cc1. The van der Waals surface area contributed by atoms with Crippen LogP contribution in [0.15, 0.2) is 72.8 Å². The first-order valence-electron chi connectivity index (χ1n) is 9.08. The van der Waals surface area contributed by atoms with Crippen molar-refractivity contribution in [1.29, 1.82) is 0 Å². The smallest absolute Gasteiger partial charge is 0.257 e. The number of para-hydroxylation sites is 3. The number of aryl methyl sites for hydroxylation is 1. The van der Waals surface area contributed by atoms with Crippen molar-refractivity contribution in [2.45, 2.75) is 13.8 Å². The van der Waals surface area contributed by atoms with Crippen LogP contribution in [0.3, 0.4) is 0 Å². The second-order valence-electron chi connectivity index (χ2n) is 6.25. The van der Waals surface area contributed by atoms with E-state index in [9.17, 15) is 9.59 Å². The van der Waals surface area contributed by atoms with E-state index in [4.69, 9.17) is 4.74 Å². The summed E-state index contributed by atoms with van der Waals surface area (Å²) in [5, 5.41) is 5.68. The molecule has 5 nitrogen and oxygen atoms in total. The minimum absolute atomic E-state index is 0.269. The zero-order chi connectivity index (χ0) is 19.9. The molecule has 0 unspecified atom stereocenters. The van der Waals surface area contributed by atoms with Gasteiger partial charge in [-0.1, -0.05) is 42.0 Å². The molecule has 0 aromatic heterocycles. The molecular weight excluding hydrogens is 352 g/mol.